The fourth-order valence-corrected chi connectivity index (χ4v) is 3.77. The molecule has 0 saturated carbocycles. The molecule has 6 heteroatoms. The van der Waals surface area contributed by atoms with Crippen LogP contribution in [-0.2, 0) is 6.54 Å². The molecule has 0 fully saturated rings. The summed E-state index contributed by atoms with van der Waals surface area (Å²) >= 11 is 0. The number of rotatable bonds is 5. The highest BCUT2D eigenvalue weighted by atomic mass is 16.5. The van der Waals surface area contributed by atoms with Crippen LogP contribution in [0.25, 0.3) is 22.9 Å². The van der Waals surface area contributed by atoms with Gasteiger partial charge in [0, 0.05) is 29.9 Å². The highest BCUT2D eigenvalue weighted by Gasteiger charge is 2.16. The summed E-state index contributed by atoms with van der Waals surface area (Å²) in [7, 11) is 0. The van der Waals surface area contributed by atoms with E-state index in [1.165, 1.54) is 0 Å². The monoisotopic (exact) mass is 434 g/mol. The SMILES string of the molecule is N#C/C(=C\c1cn(Cc2ccccc2)nc1-c1ccc2c(c1)OCCCO2)c1ccccn1. The summed E-state index contributed by atoms with van der Waals surface area (Å²) in [6, 6.07) is 23.8. The number of ether oxygens (including phenoxy) is 2. The van der Waals surface area contributed by atoms with E-state index in [-0.39, 0.29) is 0 Å². The molecule has 0 spiro atoms. The van der Waals surface area contributed by atoms with Crippen LogP contribution in [0.3, 0.4) is 0 Å². The summed E-state index contributed by atoms with van der Waals surface area (Å²) in [5, 5.41) is 14.7. The highest BCUT2D eigenvalue weighted by Crippen LogP contribution is 2.35. The molecule has 0 saturated heterocycles. The Balaban J connectivity index is 1.59. The minimum Gasteiger partial charge on any atom is -0.490 e. The van der Waals surface area contributed by atoms with Crippen LogP contribution in [-0.4, -0.2) is 28.0 Å². The van der Waals surface area contributed by atoms with Gasteiger partial charge in [-0.3, -0.25) is 9.67 Å². The van der Waals surface area contributed by atoms with Crippen molar-refractivity contribution in [3.8, 4) is 28.8 Å². The molecule has 0 atom stereocenters. The van der Waals surface area contributed by atoms with Crippen LogP contribution < -0.4 is 9.47 Å². The average molecular weight is 434 g/mol. The van der Waals surface area contributed by atoms with Gasteiger partial charge in [0.1, 0.15) is 6.07 Å². The minimum absolute atomic E-state index is 0.477. The second-order valence-corrected chi connectivity index (χ2v) is 7.71. The highest BCUT2D eigenvalue weighted by molar-refractivity contribution is 5.91. The first kappa shape index (κ1) is 20.5. The standard InChI is InChI=1S/C27H22N4O2/c28-17-22(24-9-4-5-12-29-24)15-23-19-31(18-20-7-2-1-3-8-20)30-27(23)21-10-11-25-26(16-21)33-14-6-13-32-25/h1-5,7-12,15-16,19H,6,13-14,18H2/b22-15+. The maximum atomic E-state index is 9.81. The zero-order chi connectivity index (χ0) is 22.5. The van der Waals surface area contributed by atoms with E-state index in [0.29, 0.717) is 36.8 Å². The predicted molar refractivity (Wildman–Crippen MR) is 127 cm³/mol. The lowest BCUT2D eigenvalue weighted by molar-refractivity contribution is 0.297. The molecule has 3 heterocycles. The molecule has 2 aromatic carbocycles. The maximum absolute atomic E-state index is 9.81. The van der Waals surface area contributed by atoms with E-state index in [2.05, 4.69) is 23.2 Å². The minimum atomic E-state index is 0.477. The number of fused-ring (bicyclic) bond motifs is 1. The van der Waals surface area contributed by atoms with Crippen molar-refractivity contribution in [2.45, 2.75) is 13.0 Å². The molecule has 33 heavy (non-hydrogen) atoms. The van der Waals surface area contributed by atoms with Crippen molar-refractivity contribution >= 4 is 11.6 Å². The number of pyridine rings is 1. The number of aromatic nitrogens is 3. The summed E-state index contributed by atoms with van der Waals surface area (Å²) in [5.41, 5.74) is 4.75. The van der Waals surface area contributed by atoms with Crippen molar-refractivity contribution in [3.05, 3.63) is 95.9 Å². The molecule has 162 valence electrons. The summed E-state index contributed by atoms with van der Waals surface area (Å²) < 4.78 is 13.6. The third-order valence-corrected chi connectivity index (χ3v) is 5.36. The van der Waals surface area contributed by atoms with E-state index in [1.807, 2.05) is 71.6 Å². The van der Waals surface area contributed by atoms with Crippen molar-refractivity contribution in [2.24, 2.45) is 0 Å². The third-order valence-electron chi connectivity index (χ3n) is 5.36. The molecule has 0 bridgehead atoms. The molecule has 6 nitrogen and oxygen atoms in total. The molecule has 2 aromatic heterocycles. The van der Waals surface area contributed by atoms with Crippen molar-refractivity contribution in [2.75, 3.05) is 13.2 Å². The van der Waals surface area contributed by atoms with Crippen molar-refractivity contribution in [1.29, 1.82) is 5.26 Å². The van der Waals surface area contributed by atoms with Gasteiger partial charge in [-0.15, -0.1) is 0 Å². The van der Waals surface area contributed by atoms with Gasteiger partial charge in [-0.05, 0) is 42.0 Å². The lowest BCUT2D eigenvalue weighted by Gasteiger charge is -2.09. The van der Waals surface area contributed by atoms with Crippen molar-refractivity contribution < 1.29 is 9.47 Å². The van der Waals surface area contributed by atoms with Gasteiger partial charge in [0.2, 0.25) is 0 Å². The Labute approximate surface area is 192 Å². The lowest BCUT2D eigenvalue weighted by atomic mass is 10.0. The van der Waals surface area contributed by atoms with Gasteiger partial charge in [-0.2, -0.15) is 10.4 Å². The number of nitriles is 1. The van der Waals surface area contributed by atoms with E-state index in [0.717, 1.165) is 34.6 Å². The fourth-order valence-electron chi connectivity index (χ4n) is 3.77. The first-order valence-corrected chi connectivity index (χ1v) is 10.8. The number of nitrogens with zero attached hydrogens (tertiary/aromatic N) is 4. The summed E-state index contributed by atoms with van der Waals surface area (Å²) in [6.07, 6.45) is 6.34. The van der Waals surface area contributed by atoms with Gasteiger partial charge >= 0.3 is 0 Å². The van der Waals surface area contributed by atoms with Crippen LogP contribution >= 0.6 is 0 Å². The first-order valence-electron chi connectivity index (χ1n) is 10.8. The molecule has 0 unspecified atom stereocenters. The topological polar surface area (TPSA) is 73.0 Å². The molecular formula is C27H22N4O2. The number of allylic oxidation sites excluding steroid dienone is 1. The Morgan fingerprint density at radius 1 is 1.00 bits per heavy atom. The Morgan fingerprint density at radius 2 is 1.82 bits per heavy atom. The molecule has 0 aliphatic carbocycles. The fraction of sp³-hybridized carbons (Fsp3) is 0.148. The molecule has 4 aromatic rings. The number of hydrogen-bond acceptors (Lipinski definition) is 5. The predicted octanol–water partition coefficient (Wildman–Crippen LogP) is 5.22. The second kappa shape index (κ2) is 9.41. The van der Waals surface area contributed by atoms with E-state index >= 15 is 0 Å². The number of hydrogen-bond donors (Lipinski definition) is 0. The molecule has 0 radical (unpaired) electrons. The molecule has 0 N–H and O–H groups in total. The van der Waals surface area contributed by atoms with Gasteiger partial charge in [0.05, 0.1) is 36.7 Å². The van der Waals surface area contributed by atoms with Gasteiger partial charge in [0.15, 0.2) is 11.5 Å². The molecule has 1 aliphatic rings. The van der Waals surface area contributed by atoms with Gasteiger partial charge in [-0.25, -0.2) is 0 Å². The Hall–Kier alpha value is -4.37. The van der Waals surface area contributed by atoms with Crippen LogP contribution in [0, 0.1) is 11.3 Å². The van der Waals surface area contributed by atoms with Crippen LogP contribution in [0.4, 0.5) is 0 Å². The zero-order valence-electron chi connectivity index (χ0n) is 18.0. The largest absolute Gasteiger partial charge is 0.490 e. The lowest BCUT2D eigenvalue weighted by Crippen LogP contribution is -2.00. The van der Waals surface area contributed by atoms with Crippen molar-refractivity contribution in [1.82, 2.24) is 14.8 Å². The smallest absolute Gasteiger partial charge is 0.161 e. The molecule has 5 rings (SSSR count). The first-order chi connectivity index (χ1) is 16.3. The number of benzene rings is 2. The average Bonchev–Trinajstić information content (AvgIpc) is 3.10. The quantitative estimate of drug-likeness (QED) is 0.403. The Morgan fingerprint density at radius 3 is 2.61 bits per heavy atom. The van der Waals surface area contributed by atoms with E-state index in [1.54, 1.807) is 6.20 Å². The summed E-state index contributed by atoms with van der Waals surface area (Å²) in [6.45, 7) is 1.88. The normalized spacial score (nSPS) is 13.2. The van der Waals surface area contributed by atoms with Gasteiger partial charge in [0.25, 0.3) is 0 Å². The molecule has 1 aliphatic heterocycles. The third kappa shape index (κ3) is 4.63. The van der Waals surface area contributed by atoms with Crippen LogP contribution in [0.15, 0.2) is 79.1 Å². The van der Waals surface area contributed by atoms with Crippen LogP contribution in [0.1, 0.15) is 23.2 Å². The van der Waals surface area contributed by atoms with Crippen molar-refractivity contribution in [3.63, 3.8) is 0 Å². The Kier molecular flexibility index (Phi) is 5.85. The van der Waals surface area contributed by atoms with E-state index in [9.17, 15) is 5.26 Å². The summed E-state index contributed by atoms with van der Waals surface area (Å²) in [4.78, 5) is 4.34. The van der Waals surface area contributed by atoms with Crippen LogP contribution in [0.2, 0.25) is 0 Å². The van der Waals surface area contributed by atoms with Crippen LogP contribution in [0.5, 0.6) is 11.5 Å². The Bertz CT molecular complexity index is 1320. The second-order valence-electron chi connectivity index (χ2n) is 7.71. The maximum Gasteiger partial charge on any atom is 0.161 e. The van der Waals surface area contributed by atoms with Gasteiger partial charge < -0.3 is 9.47 Å². The van der Waals surface area contributed by atoms with Gasteiger partial charge in [-0.1, -0.05) is 36.4 Å². The molecule has 0 amide bonds. The summed E-state index contributed by atoms with van der Waals surface area (Å²) in [5.74, 6) is 1.45. The molecular weight excluding hydrogens is 412 g/mol. The zero-order valence-corrected chi connectivity index (χ0v) is 18.0. The van der Waals surface area contributed by atoms with E-state index in [4.69, 9.17) is 14.6 Å². The van der Waals surface area contributed by atoms with E-state index < -0.39 is 0 Å².